The first-order valence-corrected chi connectivity index (χ1v) is 9.98. The SMILES string of the molecule is COc1cccc2cc(CNCCNC(=O)C34CCC(CC3=O)C4(C)C)oc12. The van der Waals surface area contributed by atoms with E-state index in [-0.39, 0.29) is 17.1 Å². The summed E-state index contributed by atoms with van der Waals surface area (Å²) in [5, 5.41) is 7.27. The smallest absolute Gasteiger partial charge is 0.234 e. The van der Waals surface area contributed by atoms with Gasteiger partial charge in [0, 0.05) is 24.9 Å². The third-order valence-electron chi connectivity index (χ3n) is 6.95. The van der Waals surface area contributed by atoms with Crippen molar-refractivity contribution in [3.8, 4) is 5.75 Å². The Balaban J connectivity index is 1.30. The van der Waals surface area contributed by atoms with Crippen LogP contribution in [0.3, 0.4) is 0 Å². The normalized spacial score (nSPS) is 25.4. The molecule has 1 aromatic carbocycles. The van der Waals surface area contributed by atoms with E-state index in [1.807, 2.05) is 24.3 Å². The molecule has 6 nitrogen and oxygen atoms in total. The molecule has 28 heavy (non-hydrogen) atoms. The van der Waals surface area contributed by atoms with Gasteiger partial charge in [0.25, 0.3) is 0 Å². The van der Waals surface area contributed by atoms with Gasteiger partial charge in [-0.15, -0.1) is 0 Å². The largest absolute Gasteiger partial charge is 0.493 e. The van der Waals surface area contributed by atoms with Crippen molar-refractivity contribution in [2.45, 2.75) is 39.7 Å². The number of ether oxygens (including phenoxy) is 1. The number of carbonyl (C=O) groups excluding carboxylic acids is 2. The van der Waals surface area contributed by atoms with Crippen LogP contribution < -0.4 is 15.4 Å². The Hall–Kier alpha value is -2.34. The maximum atomic E-state index is 12.9. The summed E-state index contributed by atoms with van der Waals surface area (Å²) in [6.45, 7) is 5.80. The Labute approximate surface area is 165 Å². The number of benzene rings is 1. The minimum Gasteiger partial charge on any atom is -0.493 e. The summed E-state index contributed by atoms with van der Waals surface area (Å²) >= 11 is 0. The van der Waals surface area contributed by atoms with Crippen molar-refractivity contribution in [1.82, 2.24) is 10.6 Å². The highest BCUT2D eigenvalue weighted by molar-refractivity contribution is 6.09. The van der Waals surface area contributed by atoms with E-state index >= 15 is 0 Å². The lowest BCUT2D eigenvalue weighted by Crippen LogP contribution is -2.50. The molecule has 6 heteroatoms. The van der Waals surface area contributed by atoms with Crippen molar-refractivity contribution in [3.05, 3.63) is 30.0 Å². The molecule has 2 fully saturated rings. The van der Waals surface area contributed by atoms with E-state index < -0.39 is 5.41 Å². The second-order valence-electron chi connectivity index (χ2n) is 8.51. The molecule has 2 bridgehead atoms. The molecule has 150 valence electrons. The van der Waals surface area contributed by atoms with Crippen LogP contribution in [0.25, 0.3) is 11.0 Å². The molecule has 1 amide bonds. The Morgan fingerprint density at radius 1 is 1.32 bits per heavy atom. The number of methoxy groups -OCH3 is 1. The number of hydrogen-bond acceptors (Lipinski definition) is 5. The summed E-state index contributed by atoms with van der Waals surface area (Å²) in [5.41, 5.74) is -0.325. The lowest BCUT2D eigenvalue weighted by Gasteiger charge is -2.34. The number of nitrogens with one attached hydrogen (secondary N) is 2. The molecule has 2 unspecified atom stereocenters. The standard InChI is InChI=1S/C22H28N2O4/c1-21(2)15-7-8-22(21,18(25)12-15)20(26)24-10-9-23-13-16-11-14-5-4-6-17(27-3)19(14)28-16/h4-6,11,15,23H,7-10,12-13H2,1-3H3,(H,24,26). The third-order valence-corrected chi connectivity index (χ3v) is 6.95. The highest BCUT2D eigenvalue weighted by Gasteiger charge is 2.67. The molecule has 0 aliphatic heterocycles. The van der Waals surface area contributed by atoms with Crippen LogP contribution in [0.5, 0.6) is 5.75 Å². The van der Waals surface area contributed by atoms with Crippen molar-refractivity contribution >= 4 is 22.7 Å². The van der Waals surface area contributed by atoms with E-state index in [9.17, 15) is 9.59 Å². The summed E-state index contributed by atoms with van der Waals surface area (Å²) < 4.78 is 11.2. The number of rotatable bonds is 7. The average molecular weight is 384 g/mol. The molecule has 2 aromatic rings. The van der Waals surface area contributed by atoms with Gasteiger partial charge in [-0.05, 0) is 36.3 Å². The van der Waals surface area contributed by atoms with E-state index in [4.69, 9.17) is 9.15 Å². The molecular weight excluding hydrogens is 356 g/mol. The van der Waals surface area contributed by atoms with Gasteiger partial charge in [-0.1, -0.05) is 26.0 Å². The number of carbonyl (C=O) groups is 2. The van der Waals surface area contributed by atoms with E-state index in [1.165, 1.54) is 0 Å². The molecular formula is C22H28N2O4. The van der Waals surface area contributed by atoms with Gasteiger partial charge in [-0.2, -0.15) is 0 Å². The van der Waals surface area contributed by atoms with Crippen LogP contribution in [-0.2, 0) is 16.1 Å². The average Bonchev–Trinajstić information content (AvgIpc) is 3.26. The van der Waals surface area contributed by atoms with Crippen LogP contribution >= 0.6 is 0 Å². The second kappa shape index (κ2) is 6.92. The van der Waals surface area contributed by atoms with Gasteiger partial charge in [0.15, 0.2) is 11.3 Å². The summed E-state index contributed by atoms with van der Waals surface area (Å²) in [6.07, 6.45) is 2.21. The third kappa shape index (κ3) is 2.73. The molecule has 1 heterocycles. The van der Waals surface area contributed by atoms with Crippen LogP contribution in [0, 0.1) is 16.7 Å². The maximum Gasteiger partial charge on any atom is 0.234 e. The van der Waals surface area contributed by atoms with Gasteiger partial charge >= 0.3 is 0 Å². The van der Waals surface area contributed by atoms with Gasteiger partial charge < -0.3 is 19.8 Å². The van der Waals surface area contributed by atoms with E-state index in [2.05, 4.69) is 24.5 Å². The van der Waals surface area contributed by atoms with Gasteiger partial charge in [-0.3, -0.25) is 9.59 Å². The fourth-order valence-corrected chi connectivity index (χ4v) is 5.17. The summed E-state index contributed by atoms with van der Waals surface area (Å²) in [7, 11) is 1.63. The van der Waals surface area contributed by atoms with Crippen molar-refractivity contribution in [3.63, 3.8) is 0 Å². The quantitative estimate of drug-likeness (QED) is 0.567. The number of ketones is 1. The van der Waals surface area contributed by atoms with Gasteiger partial charge in [0.1, 0.15) is 17.0 Å². The molecule has 2 saturated carbocycles. The highest BCUT2D eigenvalue weighted by Crippen LogP contribution is 2.63. The minimum atomic E-state index is -0.826. The molecule has 4 rings (SSSR count). The topological polar surface area (TPSA) is 80.6 Å². The summed E-state index contributed by atoms with van der Waals surface area (Å²) in [6, 6.07) is 7.78. The van der Waals surface area contributed by atoms with E-state index in [0.29, 0.717) is 44.1 Å². The zero-order valence-electron chi connectivity index (χ0n) is 16.8. The molecule has 1 aromatic heterocycles. The van der Waals surface area contributed by atoms with E-state index in [0.717, 1.165) is 23.2 Å². The molecule has 2 atom stereocenters. The molecule has 0 spiro atoms. The Bertz CT molecular complexity index is 916. The number of amides is 1. The molecule has 0 saturated heterocycles. The number of fused-ring (bicyclic) bond motifs is 3. The van der Waals surface area contributed by atoms with Crippen molar-refractivity contribution in [2.24, 2.45) is 16.7 Å². The van der Waals surface area contributed by atoms with Crippen LogP contribution in [-0.4, -0.2) is 31.9 Å². The number of para-hydroxylation sites is 1. The van der Waals surface area contributed by atoms with Crippen LogP contribution in [0.2, 0.25) is 0 Å². The Morgan fingerprint density at radius 3 is 2.82 bits per heavy atom. The number of furan rings is 1. The lowest BCUT2D eigenvalue weighted by molar-refractivity contribution is -0.144. The predicted octanol–water partition coefficient (Wildman–Crippen LogP) is 3.04. The highest BCUT2D eigenvalue weighted by atomic mass is 16.5. The number of Topliss-reactive ketones (excluding diaryl/α,β-unsaturated/α-hetero) is 1. The zero-order valence-corrected chi connectivity index (χ0v) is 16.8. The van der Waals surface area contributed by atoms with Gasteiger partial charge in [0.2, 0.25) is 5.91 Å². The molecule has 0 radical (unpaired) electrons. The number of hydrogen-bond donors (Lipinski definition) is 2. The van der Waals surface area contributed by atoms with E-state index in [1.54, 1.807) is 7.11 Å². The minimum absolute atomic E-state index is 0.0993. The summed E-state index contributed by atoms with van der Waals surface area (Å²) in [4.78, 5) is 25.4. The van der Waals surface area contributed by atoms with Gasteiger partial charge in [0.05, 0.1) is 13.7 Å². The van der Waals surface area contributed by atoms with Crippen LogP contribution in [0.4, 0.5) is 0 Å². The first-order valence-electron chi connectivity index (χ1n) is 9.98. The Morgan fingerprint density at radius 2 is 2.14 bits per heavy atom. The van der Waals surface area contributed by atoms with Crippen molar-refractivity contribution in [1.29, 1.82) is 0 Å². The fraction of sp³-hybridized carbons (Fsp3) is 0.545. The monoisotopic (exact) mass is 384 g/mol. The predicted molar refractivity (Wildman–Crippen MR) is 106 cm³/mol. The zero-order chi connectivity index (χ0) is 19.9. The summed E-state index contributed by atoms with van der Waals surface area (Å²) in [5.74, 6) is 1.89. The molecule has 2 aliphatic carbocycles. The first-order chi connectivity index (χ1) is 13.4. The molecule has 2 aliphatic rings. The van der Waals surface area contributed by atoms with Crippen LogP contribution in [0.15, 0.2) is 28.7 Å². The van der Waals surface area contributed by atoms with Crippen molar-refractivity contribution < 1.29 is 18.7 Å². The lowest BCUT2D eigenvalue weighted by atomic mass is 9.68. The fourth-order valence-electron chi connectivity index (χ4n) is 5.17. The van der Waals surface area contributed by atoms with Crippen molar-refractivity contribution in [2.75, 3.05) is 20.2 Å². The first kappa shape index (κ1) is 19.0. The molecule has 2 N–H and O–H groups in total. The van der Waals surface area contributed by atoms with Gasteiger partial charge in [-0.25, -0.2) is 0 Å². The maximum absolute atomic E-state index is 12.9. The Kier molecular flexibility index (Phi) is 4.70. The second-order valence-corrected chi connectivity index (χ2v) is 8.51. The van der Waals surface area contributed by atoms with Crippen LogP contribution in [0.1, 0.15) is 38.9 Å².